The van der Waals surface area contributed by atoms with Gasteiger partial charge in [-0.05, 0) is 44.9 Å². The van der Waals surface area contributed by atoms with Crippen molar-refractivity contribution < 1.29 is 5.11 Å². The molecule has 3 heterocycles. The highest BCUT2D eigenvalue weighted by Crippen LogP contribution is 2.39. The molecular weight excluding hydrogens is 374 g/mol. The number of halogens is 1. The smallest absolute Gasteiger partial charge is 0.116 e. The highest BCUT2D eigenvalue weighted by Gasteiger charge is 2.32. The molecule has 0 amide bonds. The number of aromatic nitrogens is 4. The zero-order valence-electron chi connectivity index (χ0n) is 16.1. The van der Waals surface area contributed by atoms with Crippen LogP contribution in [0.3, 0.4) is 0 Å². The second kappa shape index (κ2) is 7.62. The molecule has 0 unspecified atom stereocenters. The van der Waals surface area contributed by atoms with Crippen molar-refractivity contribution in [3.63, 3.8) is 0 Å². The summed E-state index contributed by atoms with van der Waals surface area (Å²) in [6, 6.07) is 9.61. The fourth-order valence-corrected chi connectivity index (χ4v) is 4.01. The molecule has 1 aromatic carbocycles. The second-order valence-corrected chi connectivity index (χ2v) is 8.15. The Morgan fingerprint density at radius 1 is 1.14 bits per heavy atom. The van der Waals surface area contributed by atoms with Gasteiger partial charge in [0.1, 0.15) is 17.7 Å². The lowest BCUT2D eigenvalue weighted by Gasteiger charge is -2.39. The van der Waals surface area contributed by atoms with E-state index in [1.54, 1.807) is 12.5 Å². The standard InChI is InChI=1S/C21H24ClN5O/c1-21(2,28)27-11-8-15(9-12-27)20-18(17-7-10-23-13-24-17)19(25-26-20)14-3-5-16(22)6-4-14/h3-7,10,13,15,28H,8-9,11-12H2,1-2H3,(H,25,26). The molecule has 1 aliphatic heterocycles. The van der Waals surface area contributed by atoms with E-state index in [4.69, 9.17) is 11.6 Å². The van der Waals surface area contributed by atoms with Crippen LogP contribution in [0.15, 0.2) is 42.9 Å². The van der Waals surface area contributed by atoms with Crippen LogP contribution in [0.1, 0.15) is 38.3 Å². The summed E-state index contributed by atoms with van der Waals surface area (Å²) in [5.41, 5.74) is 4.05. The van der Waals surface area contributed by atoms with Crippen molar-refractivity contribution in [2.75, 3.05) is 13.1 Å². The highest BCUT2D eigenvalue weighted by molar-refractivity contribution is 6.30. The molecule has 1 aliphatic rings. The number of H-pyrrole nitrogens is 1. The van der Waals surface area contributed by atoms with Gasteiger partial charge in [-0.1, -0.05) is 23.7 Å². The van der Waals surface area contributed by atoms with E-state index in [1.807, 2.05) is 44.2 Å². The summed E-state index contributed by atoms with van der Waals surface area (Å²) in [6.07, 6.45) is 5.21. The molecule has 146 valence electrons. The quantitative estimate of drug-likeness (QED) is 0.693. The predicted octanol–water partition coefficient (Wildman–Crippen LogP) is 4.09. The van der Waals surface area contributed by atoms with E-state index in [2.05, 4.69) is 25.1 Å². The van der Waals surface area contributed by atoms with E-state index in [9.17, 15) is 5.11 Å². The summed E-state index contributed by atoms with van der Waals surface area (Å²) < 4.78 is 0. The molecule has 7 heteroatoms. The highest BCUT2D eigenvalue weighted by atomic mass is 35.5. The van der Waals surface area contributed by atoms with Gasteiger partial charge in [-0.2, -0.15) is 5.10 Å². The lowest BCUT2D eigenvalue weighted by atomic mass is 9.88. The molecule has 1 fully saturated rings. The van der Waals surface area contributed by atoms with E-state index >= 15 is 0 Å². The van der Waals surface area contributed by atoms with Crippen LogP contribution in [-0.2, 0) is 0 Å². The Morgan fingerprint density at radius 3 is 2.46 bits per heavy atom. The molecule has 4 rings (SSSR count). The van der Waals surface area contributed by atoms with Gasteiger partial charge in [0, 0.05) is 47.0 Å². The van der Waals surface area contributed by atoms with Gasteiger partial charge < -0.3 is 5.11 Å². The maximum absolute atomic E-state index is 10.3. The first-order chi connectivity index (χ1) is 13.4. The number of hydrogen-bond acceptors (Lipinski definition) is 5. The van der Waals surface area contributed by atoms with Gasteiger partial charge >= 0.3 is 0 Å². The average Bonchev–Trinajstić information content (AvgIpc) is 3.14. The van der Waals surface area contributed by atoms with E-state index in [1.165, 1.54) is 0 Å². The molecule has 0 bridgehead atoms. The third kappa shape index (κ3) is 3.81. The van der Waals surface area contributed by atoms with E-state index < -0.39 is 5.72 Å². The summed E-state index contributed by atoms with van der Waals surface area (Å²) in [5.74, 6) is 0.331. The van der Waals surface area contributed by atoms with Crippen molar-refractivity contribution in [2.24, 2.45) is 0 Å². The number of nitrogens with one attached hydrogen (secondary N) is 1. The molecule has 0 aliphatic carbocycles. The van der Waals surface area contributed by atoms with Gasteiger partial charge in [-0.25, -0.2) is 9.97 Å². The van der Waals surface area contributed by atoms with Crippen molar-refractivity contribution in [3.05, 3.63) is 53.6 Å². The molecule has 6 nitrogen and oxygen atoms in total. The first-order valence-electron chi connectivity index (χ1n) is 9.51. The number of aliphatic hydroxyl groups is 1. The van der Waals surface area contributed by atoms with Crippen molar-refractivity contribution >= 4 is 11.6 Å². The number of rotatable bonds is 4. The van der Waals surface area contributed by atoms with Gasteiger partial charge in [0.05, 0.1) is 5.69 Å². The number of aromatic amines is 1. The zero-order chi connectivity index (χ0) is 19.7. The van der Waals surface area contributed by atoms with E-state index in [0.29, 0.717) is 10.9 Å². The number of likely N-dealkylation sites (tertiary alicyclic amines) is 1. The first-order valence-corrected chi connectivity index (χ1v) is 9.89. The van der Waals surface area contributed by atoms with Gasteiger partial charge in [0.2, 0.25) is 0 Å². The molecule has 0 radical (unpaired) electrons. The lowest BCUT2D eigenvalue weighted by molar-refractivity contribution is -0.0884. The normalized spacial score (nSPS) is 16.4. The van der Waals surface area contributed by atoms with E-state index in [0.717, 1.165) is 54.1 Å². The molecule has 0 atom stereocenters. The predicted molar refractivity (Wildman–Crippen MR) is 110 cm³/mol. The Morgan fingerprint density at radius 2 is 1.86 bits per heavy atom. The number of nitrogens with zero attached hydrogens (tertiary/aromatic N) is 4. The van der Waals surface area contributed by atoms with E-state index in [-0.39, 0.29) is 0 Å². The largest absolute Gasteiger partial charge is 0.376 e. The molecule has 2 N–H and O–H groups in total. The summed E-state index contributed by atoms with van der Waals surface area (Å²) in [5, 5.41) is 18.9. The summed E-state index contributed by atoms with van der Waals surface area (Å²) in [7, 11) is 0. The Hall–Kier alpha value is -2.28. The lowest BCUT2D eigenvalue weighted by Crippen LogP contribution is -2.47. The van der Waals surface area contributed by atoms with Crippen LogP contribution in [0.5, 0.6) is 0 Å². The summed E-state index contributed by atoms with van der Waals surface area (Å²) >= 11 is 6.06. The minimum Gasteiger partial charge on any atom is -0.376 e. The van der Waals surface area contributed by atoms with Crippen molar-refractivity contribution in [1.82, 2.24) is 25.1 Å². The fourth-order valence-electron chi connectivity index (χ4n) is 3.88. The maximum atomic E-state index is 10.3. The van der Waals surface area contributed by atoms with Crippen LogP contribution < -0.4 is 0 Å². The minimum absolute atomic E-state index is 0.331. The number of piperidine rings is 1. The van der Waals surface area contributed by atoms with Crippen LogP contribution in [-0.4, -0.2) is 49.0 Å². The van der Waals surface area contributed by atoms with Gasteiger partial charge in [-0.3, -0.25) is 10.00 Å². The molecule has 28 heavy (non-hydrogen) atoms. The van der Waals surface area contributed by atoms with Crippen LogP contribution in [0.2, 0.25) is 5.02 Å². The van der Waals surface area contributed by atoms with Crippen LogP contribution >= 0.6 is 11.6 Å². The Labute approximate surface area is 169 Å². The van der Waals surface area contributed by atoms with Gasteiger partial charge in [-0.15, -0.1) is 0 Å². The van der Waals surface area contributed by atoms with Crippen molar-refractivity contribution in [2.45, 2.75) is 38.3 Å². The molecule has 0 spiro atoms. The molecule has 1 saturated heterocycles. The summed E-state index contributed by atoms with van der Waals surface area (Å²) in [4.78, 5) is 10.7. The third-order valence-electron chi connectivity index (χ3n) is 5.43. The van der Waals surface area contributed by atoms with Crippen LogP contribution in [0, 0.1) is 0 Å². The maximum Gasteiger partial charge on any atom is 0.116 e. The fraction of sp³-hybridized carbons (Fsp3) is 0.381. The number of hydrogen-bond donors (Lipinski definition) is 2. The molecule has 2 aromatic heterocycles. The average molecular weight is 398 g/mol. The monoisotopic (exact) mass is 397 g/mol. The Bertz CT molecular complexity index is 926. The van der Waals surface area contributed by atoms with Crippen molar-refractivity contribution in [1.29, 1.82) is 0 Å². The second-order valence-electron chi connectivity index (χ2n) is 7.72. The van der Waals surface area contributed by atoms with Gasteiger partial charge in [0.15, 0.2) is 0 Å². The molecular formula is C21H24ClN5O. The summed E-state index contributed by atoms with van der Waals surface area (Å²) in [6.45, 7) is 5.36. The minimum atomic E-state index is -0.789. The van der Waals surface area contributed by atoms with Gasteiger partial charge in [0.25, 0.3) is 0 Å². The third-order valence-corrected chi connectivity index (χ3v) is 5.68. The topological polar surface area (TPSA) is 77.9 Å². The molecule has 3 aromatic rings. The zero-order valence-corrected chi connectivity index (χ0v) is 16.8. The Kier molecular flexibility index (Phi) is 5.19. The van der Waals surface area contributed by atoms with Crippen LogP contribution in [0.4, 0.5) is 0 Å². The first kappa shape index (κ1) is 19.1. The van der Waals surface area contributed by atoms with Crippen LogP contribution in [0.25, 0.3) is 22.5 Å². The number of benzene rings is 1. The SMILES string of the molecule is CC(C)(O)N1CCC(c2[nH]nc(-c3ccc(Cl)cc3)c2-c2ccncn2)CC1. The molecule has 0 saturated carbocycles. The van der Waals surface area contributed by atoms with Crippen molar-refractivity contribution in [3.8, 4) is 22.5 Å². The Balaban J connectivity index is 1.71.